The molecule has 3 nitrogen and oxygen atoms in total. The lowest BCUT2D eigenvalue weighted by Gasteiger charge is -2.17. The molecule has 0 saturated heterocycles. The third-order valence-corrected chi connectivity index (χ3v) is 3.80. The van der Waals surface area contributed by atoms with Crippen LogP contribution in [-0.4, -0.2) is 11.1 Å². The highest BCUT2D eigenvalue weighted by Crippen LogP contribution is 2.44. The topological polar surface area (TPSA) is 63.3 Å². The van der Waals surface area contributed by atoms with Crippen molar-refractivity contribution < 1.29 is 9.90 Å². The fraction of sp³-hybridized carbons (Fsp3) is 0.300. The van der Waals surface area contributed by atoms with E-state index in [2.05, 4.69) is 15.9 Å². The van der Waals surface area contributed by atoms with Crippen LogP contribution in [0.3, 0.4) is 0 Å². The van der Waals surface area contributed by atoms with Crippen molar-refractivity contribution in [3.05, 3.63) is 29.3 Å². The minimum Gasteiger partial charge on any atom is -0.480 e. The number of carboxylic acid groups (broad SMARTS) is 1. The first-order valence-electron chi connectivity index (χ1n) is 4.35. The van der Waals surface area contributed by atoms with Gasteiger partial charge in [-0.3, -0.25) is 4.79 Å². The number of anilines is 1. The lowest BCUT2D eigenvalue weighted by molar-refractivity contribution is -0.139. The minimum atomic E-state index is -0.907. The molecule has 1 unspecified atom stereocenters. The number of nitrogen functional groups attached to an aromatic ring is 1. The standard InChI is InChI=1S/C10H10BrNO2/c11-10(9(13)14)4-3-6-5-7(12)1-2-8(6)10/h1-2,5H,3-4,12H2,(H,13,14). The summed E-state index contributed by atoms with van der Waals surface area (Å²) >= 11 is 3.29. The van der Waals surface area contributed by atoms with Crippen LogP contribution in [0.5, 0.6) is 0 Å². The number of hydrogen-bond acceptors (Lipinski definition) is 2. The van der Waals surface area contributed by atoms with Crippen LogP contribution in [0.15, 0.2) is 18.2 Å². The molecule has 0 fully saturated rings. The normalized spacial score (nSPS) is 24.6. The molecule has 0 bridgehead atoms. The van der Waals surface area contributed by atoms with Crippen molar-refractivity contribution in [3.63, 3.8) is 0 Å². The highest BCUT2D eigenvalue weighted by atomic mass is 79.9. The van der Waals surface area contributed by atoms with E-state index in [0.29, 0.717) is 12.1 Å². The number of aliphatic carboxylic acids is 1. The molecule has 0 aliphatic heterocycles. The van der Waals surface area contributed by atoms with Crippen molar-refractivity contribution in [2.75, 3.05) is 5.73 Å². The Bertz CT molecular complexity index is 405. The third-order valence-electron chi connectivity index (χ3n) is 2.63. The number of benzene rings is 1. The van der Waals surface area contributed by atoms with E-state index in [1.165, 1.54) is 0 Å². The van der Waals surface area contributed by atoms with Gasteiger partial charge in [0.15, 0.2) is 0 Å². The van der Waals surface area contributed by atoms with Gasteiger partial charge in [-0.15, -0.1) is 0 Å². The maximum atomic E-state index is 11.1. The average Bonchev–Trinajstić information content (AvgIpc) is 2.45. The molecule has 14 heavy (non-hydrogen) atoms. The molecule has 1 aliphatic carbocycles. The second kappa shape index (κ2) is 2.98. The molecular formula is C10H10BrNO2. The Hall–Kier alpha value is -1.03. The SMILES string of the molecule is Nc1ccc2c(c1)CCC2(Br)C(=O)O. The van der Waals surface area contributed by atoms with Crippen molar-refractivity contribution in [2.24, 2.45) is 0 Å². The summed E-state index contributed by atoms with van der Waals surface area (Å²) in [6, 6.07) is 5.38. The van der Waals surface area contributed by atoms with Gasteiger partial charge >= 0.3 is 5.97 Å². The number of carboxylic acids is 1. The number of halogens is 1. The first-order chi connectivity index (χ1) is 6.54. The number of fused-ring (bicyclic) bond motifs is 1. The first-order valence-corrected chi connectivity index (χ1v) is 5.14. The Kier molecular flexibility index (Phi) is 2.03. The highest BCUT2D eigenvalue weighted by molar-refractivity contribution is 9.10. The van der Waals surface area contributed by atoms with Gasteiger partial charge in [0, 0.05) is 5.69 Å². The molecular weight excluding hydrogens is 246 g/mol. The monoisotopic (exact) mass is 255 g/mol. The van der Waals surface area contributed by atoms with Crippen molar-refractivity contribution in [1.29, 1.82) is 0 Å². The van der Waals surface area contributed by atoms with Gasteiger partial charge in [-0.05, 0) is 36.1 Å². The van der Waals surface area contributed by atoms with E-state index >= 15 is 0 Å². The van der Waals surface area contributed by atoms with Gasteiger partial charge < -0.3 is 10.8 Å². The largest absolute Gasteiger partial charge is 0.480 e. The molecule has 0 amide bonds. The maximum absolute atomic E-state index is 11.1. The quantitative estimate of drug-likeness (QED) is 0.595. The first kappa shape index (κ1) is 9.52. The second-order valence-electron chi connectivity index (χ2n) is 3.52. The molecule has 2 rings (SSSR count). The second-order valence-corrected chi connectivity index (χ2v) is 4.88. The van der Waals surface area contributed by atoms with E-state index < -0.39 is 10.3 Å². The minimum absolute atomic E-state index is 0.584. The van der Waals surface area contributed by atoms with Gasteiger partial charge in [-0.2, -0.15) is 0 Å². The van der Waals surface area contributed by atoms with E-state index in [-0.39, 0.29) is 0 Å². The maximum Gasteiger partial charge on any atom is 0.325 e. The van der Waals surface area contributed by atoms with E-state index in [0.717, 1.165) is 17.5 Å². The zero-order chi connectivity index (χ0) is 10.3. The smallest absolute Gasteiger partial charge is 0.325 e. The van der Waals surface area contributed by atoms with E-state index in [9.17, 15) is 4.79 Å². The number of alkyl halides is 1. The van der Waals surface area contributed by atoms with Crippen LogP contribution < -0.4 is 5.73 Å². The zero-order valence-electron chi connectivity index (χ0n) is 7.46. The summed E-state index contributed by atoms with van der Waals surface area (Å²) < 4.78 is -0.907. The van der Waals surface area contributed by atoms with E-state index in [1.807, 2.05) is 6.07 Å². The van der Waals surface area contributed by atoms with E-state index in [1.54, 1.807) is 12.1 Å². The third kappa shape index (κ3) is 1.21. The van der Waals surface area contributed by atoms with Crippen LogP contribution in [-0.2, 0) is 15.5 Å². The van der Waals surface area contributed by atoms with E-state index in [4.69, 9.17) is 10.8 Å². The van der Waals surface area contributed by atoms with Crippen molar-refractivity contribution in [2.45, 2.75) is 17.2 Å². The molecule has 74 valence electrons. The van der Waals surface area contributed by atoms with Crippen LogP contribution in [0.25, 0.3) is 0 Å². The fourth-order valence-corrected chi connectivity index (χ4v) is 2.46. The van der Waals surface area contributed by atoms with Gasteiger partial charge in [-0.1, -0.05) is 22.0 Å². The molecule has 3 N–H and O–H groups in total. The van der Waals surface area contributed by atoms with Crippen LogP contribution in [0, 0.1) is 0 Å². The molecule has 1 aliphatic rings. The highest BCUT2D eigenvalue weighted by Gasteiger charge is 2.43. The number of carbonyl (C=O) groups is 1. The predicted molar refractivity (Wildman–Crippen MR) is 57.4 cm³/mol. The van der Waals surface area contributed by atoms with Crippen molar-refractivity contribution >= 4 is 27.6 Å². The lowest BCUT2D eigenvalue weighted by Crippen LogP contribution is -2.25. The number of hydrogen-bond donors (Lipinski definition) is 2. The van der Waals surface area contributed by atoms with Crippen molar-refractivity contribution in [1.82, 2.24) is 0 Å². The van der Waals surface area contributed by atoms with Crippen LogP contribution >= 0.6 is 15.9 Å². The molecule has 0 saturated carbocycles. The molecule has 1 aromatic rings. The summed E-state index contributed by atoms with van der Waals surface area (Å²) in [5.41, 5.74) is 8.18. The number of nitrogens with two attached hydrogens (primary N) is 1. The van der Waals surface area contributed by atoms with Crippen LogP contribution in [0.2, 0.25) is 0 Å². The summed E-state index contributed by atoms with van der Waals surface area (Å²) in [7, 11) is 0. The molecule has 1 aromatic carbocycles. The predicted octanol–water partition coefficient (Wildman–Crippen LogP) is 1.89. The molecule has 0 heterocycles. The van der Waals surface area contributed by atoms with Gasteiger partial charge in [0.2, 0.25) is 0 Å². The summed E-state index contributed by atoms with van der Waals surface area (Å²) in [6.45, 7) is 0. The molecule has 0 radical (unpaired) electrons. The zero-order valence-corrected chi connectivity index (χ0v) is 9.04. The van der Waals surface area contributed by atoms with Crippen LogP contribution in [0.4, 0.5) is 5.69 Å². The summed E-state index contributed by atoms with van der Waals surface area (Å²) in [4.78, 5) is 11.1. The van der Waals surface area contributed by atoms with Crippen molar-refractivity contribution in [3.8, 4) is 0 Å². The molecule has 0 aromatic heterocycles. The Balaban J connectivity index is 2.55. The molecule has 0 spiro atoms. The molecule has 1 atom stereocenters. The Morgan fingerprint density at radius 3 is 2.93 bits per heavy atom. The van der Waals surface area contributed by atoms with Gasteiger partial charge in [0.05, 0.1) is 0 Å². The summed E-state index contributed by atoms with van der Waals surface area (Å²) in [5, 5.41) is 9.11. The summed E-state index contributed by atoms with van der Waals surface area (Å²) in [6.07, 6.45) is 1.35. The molecule has 4 heteroatoms. The van der Waals surface area contributed by atoms with Gasteiger partial charge in [-0.25, -0.2) is 0 Å². The Morgan fingerprint density at radius 2 is 2.29 bits per heavy atom. The fourth-order valence-electron chi connectivity index (χ4n) is 1.87. The van der Waals surface area contributed by atoms with Crippen LogP contribution in [0.1, 0.15) is 17.5 Å². The van der Waals surface area contributed by atoms with Gasteiger partial charge in [0.25, 0.3) is 0 Å². The summed E-state index contributed by atoms with van der Waals surface area (Å²) in [5.74, 6) is -0.832. The number of rotatable bonds is 1. The Morgan fingerprint density at radius 1 is 1.57 bits per heavy atom. The van der Waals surface area contributed by atoms with Gasteiger partial charge in [0.1, 0.15) is 4.32 Å². The average molecular weight is 256 g/mol. The lowest BCUT2D eigenvalue weighted by atomic mass is 10.0. The Labute approximate surface area is 90.0 Å². The number of aryl methyl sites for hydroxylation is 1.